The maximum atomic E-state index is 13.8. The van der Waals surface area contributed by atoms with Crippen LogP contribution in [-0.4, -0.2) is 54.1 Å². The molecule has 11 heteroatoms. The highest BCUT2D eigenvalue weighted by molar-refractivity contribution is 6.24. The normalized spacial score (nSPS) is 24.6. The number of nitrogens with one attached hydrogen (secondary N) is 2. The van der Waals surface area contributed by atoms with Gasteiger partial charge in [-0.15, -0.1) is 0 Å². The van der Waals surface area contributed by atoms with Crippen molar-refractivity contribution >= 4 is 35.5 Å². The Morgan fingerprint density at radius 2 is 1.78 bits per heavy atom. The number of para-hydroxylation sites is 1. The number of carbonyl (C=O) groups excluding carboxylic acids is 4. The van der Waals surface area contributed by atoms with Crippen molar-refractivity contribution in [3.63, 3.8) is 0 Å². The third kappa shape index (κ3) is 4.42. The molecule has 2 aromatic rings. The van der Waals surface area contributed by atoms with Crippen LogP contribution in [-0.2, 0) is 19.1 Å². The van der Waals surface area contributed by atoms with Gasteiger partial charge in [0.25, 0.3) is 0 Å². The summed E-state index contributed by atoms with van der Waals surface area (Å²) in [6.07, 6.45) is 0.159. The Balaban J connectivity index is 1.78. The van der Waals surface area contributed by atoms with Gasteiger partial charge in [-0.2, -0.15) is 0 Å². The number of urea groups is 1. The molecule has 0 aliphatic carbocycles. The van der Waals surface area contributed by atoms with Crippen molar-refractivity contribution in [2.24, 2.45) is 17.6 Å². The minimum absolute atomic E-state index is 0.0405. The maximum Gasteiger partial charge on any atom is 0.337 e. The van der Waals surface area contributed by atoms with E-state index in [1.165, 1.54) is 19.2 Å². The van der Waals surface area contributed by atoms with E-state index in [-0.39, 0.29) is 24.9 Å². The van der Waals surface area contributed by atoms with Gasteiger partial charge in [0.1, 0.15) is 5.54 Å². The summed E-state index contributed by atoms with van der Waals surface area (Å²) in [5.41, 5.74) is 5.29. The van der Waals surface area contributed by atoms with Crippen molar-refractivity contribution in [3.05, 3.63) is 65.2 Å². The summed E-state index contributed by atoms with van der Waals surface area (Å²) in [6.45, 7) is 1.87. The molecule has 2 saturated heterocycles. The van der Waals surface area contributed by atoms with Crippen LogP contribution in [0, 0.1) is 18.8 Å². The molecule has 2 aliphatic rings. The highest BCUT2D eigenvalue weighted by Gasteiger charge is 2.68. The average Bonchev–Trinajstić information content (AvgIpc) is 3.36. The van der Waals surface area contributed by atoms with Crippen LogP contribution in [0.25, 0.3) is 0 Å². The lowest BCUT2D eigenvalue weighted by Crippen LogP contribution is -2.56. The number of hydrogen-bond acceptors (Lipinski definition) is 7. The molecule has 0 radical (unpaired) electrons. The van der Waals surface area contributed by atoms with Gasteiger partial charge in [-0.05, 0) is 49.1 Å². The van der Waals surface area contributed by atoms with Crippen molar-refractivity contribution < 1.29 is 33.8 Å². The SMILES string of the molecule is COC(=O)c1ccc(C2NC(CCCNC(N)=O)(C(=O)O)C3C(=O)N(c4ccccc4C)C(=O)C23)cc1. The minimum Gasteiger partial charge on any atom is -0.480 e. The molecule has 4 amide bonds. The second-order valence-electron chi connectivity index (χ2n) is 9.21. The standard InChI is InChI=1S/C26H28N4O7/c1-14-6-3-4-7-17(14)30-21(31)18-19(22(30)32)26(24(34)35,12-5-13-28-25(27)36)29-20(18)15-8-10-16(11-9-15)23(33)37-2/h3-4,6-11,18-20,29H,5,12-13H2,1-2H3,(H,34,35)(H3,27,28,36). The number of nitrogens with zero attached hydrogens (tertiary/aromatic N) is 1. The van der Waals surface area contributed by atoms with Crippen LogP contribution in [0.15, 0.2) is 48.5 Å². The van der Waals surface area contributed by atoms with Gasteiger partial charge in [0.05, 0.1) is 30.2 Å². The Kier molecular flexibility index (Phi) is 6.99. The largest absolute Gasteiger partial charge is 0.480 e. The summed E-state index contributed by atoms with van der Waals surface area (Å²) >= 11 is 0. The summed E-state index contributed by atoms with van der Waals surface area (Å²) in [4.78, 5) is 64.5. The third-order valence-electron chi connectivity index (χ3n) is 7.13. The number of carbonyl (C=O) groups is 5. The minimum atomic E-state index is -1.78. The number of fused-ring (bicyclic) bond motifs is 1. The maximum absolute atomic E-state index is 13.8. The van der Waals surface area contributed by atoms with E-state index in [9.17, 15) is 29.1 Å². The Morgan fingerprint density at radius 3 is 2.38 bits per heavy atom. The number of ether oxygens (including phenoxy) is 1. The van der Waals surface area contributed by atoms with Crippen LogP contribution in [0.1, 0.15) is 40.4 Å². The summed E-state index contributed by atoms with van der Waals surface area (Å²) in [5.74, 6) is -5.12. The molecule has 5 N–H and O–H groups in total. The summed E-state index contributed by atoms with van der Waals surface area (Å²) in [5, 5.41) is 15.9. The lowest BCUT2D eigenvalue weighted by atomic mass is 9.77. The lowest BCUT2D eigenvalue weighted by molar-refractivity contribution is -0.149. The molecular weight excluding hydrogens is 480 g/mol. The van der Waals surface area contributed by atoms with Gasteiger partial charge in [0, 0.05) is 12.6 Å². The van der Waals surface area contributed by atoms with Gasteiger partial charge in [-0.25, -0.2) is 14.5 Å². The van der Waals surface area contributed by atoms with Crippen LogP contribution in [0.3, 0.4) is 0 Å². The predicted octanol–water partition coefficient (Wildman–Crippen LogP) is 1.50. The molecule has 0 aromatic heterocycles. The Bertz CT molecular complexity index is 1260. The first-order valence-corrected chi connectivity index (χ1v) is 11.8. The second-order valence-corrected chi connectivity index (χ2v) is 9.21. The van der Waals surface area contributed by atoms with Crippen LogP contribution in [0.2, 0.25) is 0 Å². The van der Waals surface area contributed by atoms with E-state index in [0.717, 1.165) is 4.90 Å². The number of primary amides is 1. The Labute approximate surface area is 213 Å². The molecule has 4 unspecified atom stereocenters. The zero-order valence-electron chi connectivity index (χ0n) is 20.4. The number of amides is 4. The average molecular weight is 509 g/mol. The van der Waals surface area contributed by atoms with E-state index in [1.807, 2.05) is 0 Å². The highest BCUT2D eigenvalue weighted by atomic mass is 16.5. The number of hydrogen-bond donors (Lipinski definition) is 4. The predicted molar refractivity (Wildman–Crippen MR) is 131 cm³/mol. The number of imide groups is 1. The number of carboxylic acid groups (broad SMARTS) is 1. The number of rotatable bonds is 8. The van der Waals surface area contributed by atoms with Crippen LogP contribution < -0.4 is 21.3 Å². The van der Waals surface area contributed by atoms with Gasteiger partial charge >= 0.3 is 18.0 Å². The molecule has 2 aromatic carbocycles. The van der Waals surface area contributed by atoms with E-state index >= 15 is 0 Å². The zero-order valence-corrected chi connectivity index (χ0v) is 20.4. The van der Waals surface area contributed by atoms with Gasteiger partial charge in [0.15, 0.2) is 0 Å². The fraction of sp³-hybridized carbons (Fsp3) is 0.346. The number of esters is 1. The molecule has 2 aliphatic heterocycles. The van der Waals surface area contributed by atoms with Crippen molar-refractivity contribution in [1.82, 2.24) is 10.6 Å². The number of anilines is 1. The summed E-state index contributed by atoms with van der Waals surface area (Å²) in [7, 11) is 1.26. The number of carboxylic acids is 1. The zero-order chi connectivity index (χ0) is 26.9. The van der Waals surface area contributed by atoms with E-state index in [4.69, 9.17) is 10.5 Å². The van der Waals surface area contributed by atoms with Crippen LogP contribution in [0.5, 0.6) is 0 Å². The number of nitrogens with two attached hydrogens (primary N) is 1. The molecule has 2 heterocycles. The lowest BCUT2D eigenvalue weighted by Gasteiger charge is -2.31. The molecular formula is C26H28N4O7. The molecule has 0 bridgehead atoms. The van der Waals surface area contributed by atoms with Gasteiger partial charge in [-0.3, -0.25) is 19.7 Å². The van der Waals surface area contributed by atoms with E-state index in [2.05, 4.69) is 10.6 Å². The Morgan fingerprint density at radius 1 is 1.11 bits per heavy atom. The topological polar surface area (TPSA) is 168 Å². The van der Waals surface area contributed by atoms with Crippen LogP contribution >= 0.6 is 0 Å². The molecule has 37 heavy (non-hydrogen) atoms. The molecule has 4 atom stereocenters. The fourth-order valence-corrected chi connectivity index (χ4v) is 5.40. The quantitative estimate of drug-likeness (QED) is 0.236. The van der Waals surface area contributed by atoms with E-state index in [1.54, 1.807) is 43.3 Å². The van der Waals surface area contributed by atoms with E-state index < -0.39 is 53.2 Å². The summed E-state index contributed by atoms with van der Waals surface area (Å²) < 4.78 is 4.74. The molecule has 4 rings (SSSR count). The smallest absolute Gasteiger partial charge is 0.337 e. The fourth-order valence-electron chi connectivity index (χ4n) is 5.40. The number of aryl methyl sites for hydroxylation is 1. The van der Waals surface area contributed by atoms with E-state index in [0.29, 0.717) is 16.8 Å². The van der Waals surface area contributed by atoms with Crippen molar-refractivity contribution in [3.8, 4) is 0 Å². The summed E-state index contributed by atoms with van der Waals surface area (Å²) in [6, 6.07) is 11.6. The molecule has 194 valence electrons. The van der Waals surface area contributed by atoms with Crippen molar-refractivity contribution in [2.75, 3.05) is 18.6 Å². The van der Waals surface area contributed by atoms with Gasteiger partial charge in [-0.1, -0.05) is 30.3 Å². The molecule has 0 spiro atoms. The number of aliphatic carboxylic acids is 1. The first kappa shape index (κ1) is 25.8. The molecule has 0 saturated carbocycles. The highest BCUT2D eigenvalue weighted by Crippen LogP contribution is 2.51. The van der Waals surface area contributed by atoms with Crippen LogP contribution in [0.4, 0.5) is 10.5 Å². The third-order valence-corrected chi connectivity index (χ3v) is 7.13. The molecule has 2 fully saturated rings. The monoisotopic (exact) mass is 508 g/mol. The first-order valence-electron chi connectivity index (χ1n) is 11.8. The molecule has 11 nitrogen and oxygen atoms in total. The van der Waals surface area contributed by atoms with Crippen molar-refractivity contribution in [2.45, 2.75) is 31.3 Å². The van der Waals surface area contributed by atoms with Crippen molar-refractivity contribution in [1.29, 1.82) is 0 Å². The Hall–Kier alpha value is -4.25. The second kappa shape index (κ2) is 10.0. The van der Waals surface area contributed by atoms with Gasteiger partial charge in [0.2, 0.25) is 11.8 Å². The number of methoxy groups -OCH3 is 1. The number of benzene rings is 2. The first-order chi connectivity index (χ1) is 17.6. The van der Waals surface area contributed by atoms with Gasteiger partial charge < -0.3 is 20.9 Å².